The van der Waals surface area contributed by atoms with E-state index in [2.05, 4.69) is 0 Å². The molecule has 154 valence electrons. The van der Waals surface area contributed by atoms with Crippen molar-refractivity contribution >= 4 is 51.6 Å². The summed E-state index contributed by atoms with van der Waals surface area (Å²) < 4.78 is 19.6. The maximum Gasteiger partial charge on any atom is 0.341 e. The van der Waals surface area contributed by atoms with E-state index in [0.717, 1.165) is 4.31 Å². The molecule has 1 aliphatic heterocycles. The number of anilines is 2. The number of urea groups is 1. The third-order valence-corrected chi connectivity index (χ3v) is 6.82. The van der Waals surface area contributed by atoms with Crippen LogP contribution in [0.15, 0.2) is 65.6 Å². The van der Waals surface area contributed by atoms with E-state index in [1.54, 1.807) is 42.5 Å². The highest BCUT2D eigenvalue weighted by Crippen LogP contribution is 2.39. The molecule has 0 saturated carbocycles. The number of carbonyl (C=O) groups is 1. The van der Waals surface area contributed by atoms with Gasteiger partial charge in [-0.05, 0) is 36.4 Å². The van der Waals surface area contributed by atoms with Crippen LogP contribution in [0.5, 0.6) is 11.5 Å². The minimum Gasteiger partial charge on any atom is -0.504 e. The number of ether oxygens (including phenoxy) is 1. The molecule has 1 heterocycles. The molecule has 4 rings (SSSR count). The van der Waals surface area contributed by atoms with E-state index < -0.39 is 17.0 Å². The number of aromatic hydroxyl groups is 1. The Morgan fingerprint density at radius 2 is 1.73 bits per heavy atom. The van der Waals surface area contributed by atoms with Crippen molar-refractivity contribution in [3.63, 3.8) is 0 Å². The Morgan fingerprint density at radius 1 is 1.03 bits per heavy atom. The topological polar surface area (TPSA) is 70.1 Å². The number of fused-ring (bicyclic) bond motifs is 1. The highest BCUT2D eigenvalue weighted by Gasteiger charge is 2.37. The van der Waals surface area contributed by atoms with E-state index in [0.29, 0.717) is 31.9 Å². The molecule has 1 unspecified atom stereocenters. The minimum absolute atomic E-state index is 0.0865. The van der Waals surface area contributed by atoms with Crippen molar-refractivity contribution in [1.29, 1.82) is 0 Å². The summed E-state index contributed by atoms with van der Waals surface area (Å²) in [5, 5.41) is 10.7. The van der Waals surface area contributed by atoms with Gasteiger partial charge >= 0.3 is 6.03 Å². The summed E-state index contributed by atoms with van der Waals surface area (Å²) in [4.78, 5) is 15.4. The second-order valence-electron chi connectivity index (χ2n) is 6.44. The molecule has 0 spiro atoms. The van der Waals surface area contributed by atoms with E-state index in [1.807, 2.05) is 0 Å². The maximum atomic E-state index is 13.5. The molecular weight excluding hydrogens is 447 g/mol. The number of phenolic OH excluding ortho intramolecular Hbond substituents is 1. The molecule has 30 heavy (non-hydrogen) atoms. The van der Waals surface area contributed by atoms with Crippen LogP contribution < -0.4 is 13.9 Å². The van der Waals surface area contributed by atoms with Gasteiger partial charge in [-0.25, -0.2) is 13.3 Å². The second-order valence-corrected chi connectivity index (χ2v) is 8.55. The number of para-hydroxylation sites is 1. The highest BCUT2D eigenvalue weighted by atomic mass is 35.5. The average Bonchev–Trinajstić information content (AvgIpc) is 2.74. The van der Waals surface area contributed by atoms with Crippen LogP contribution in [0.3, 0.4) is 0 Å². The van der Waals surface area contributed by atoms with Crippen LogP contribution >= 0.6 is 23.2 Å². The van der Waals surface area contributed by atoms with E-state index in [-0.39, 0.29) is 18.0 Å². The molecule has 3 aromatic rings. The third-order valence-electron chi connectivity index (χ3n) is 4.69. The van der Waals surface area contributed by atoms with Gasteiger partial charge in [-0.3, -0.25) is 4.90 Å². The number of nitrogens with zero attached hydrogens (tertiary/aromatic N) is 2. The summed E-state index contributed by atoms with van der Waals surface area (Å²) in [6.45, 7) is 0.0945. The Bertz CT molecular complexity index is 1150. The second kappa shape index (κ2) is 8.18. The molecule has 9 heteroatoms. The molecule has 6 nitrogen and oxygen atoms in total. The molecule has 0 fully saturated rings. The first kappa shape index (κ1) is 20.5. The zero-order valence-electron chi connectivity index (χ0n) is 15.7. The SMILES string of the molecule is COc1cc(N2C(=O)N(Cc3c(Cl)cccc3Cl)c3ccccc3S2=O)ccc1O. The van der Waals surface area contributed by atoms with E-state index >= 15 is 0 Å². The van der Waals surface area contributed by atoms with Gasteiger partial charge in [0.25, 0.3) is 0 Å². The molecule has 3 aromatic carbocycles. The van der Waals surface area contributed by atoms with Crippen LogP contribution in [-0.2, 0) is 17.5 Å². The maximum absolute atomic E-state index is 13.5. The Kier molecular flexibility index (Phi) is 5.60. The number of carbonyl (C=O) groups excluding carboxylic acids is 1. The fourth-order valence-corrected chi connectivity index (χ4v) is 5.01. The molecule has 2 amide bonds. The molecule has 0 saturated heterocycles. The first-order valence-electron chi connectivity index (χ1n) is 8.85. The number of hydrogen-bond donors (Lipinski definition) is 1. The first-order valence-corrected chi connectivity index (χ1v) is 10.7. The fourth-order valence-electron chi connectivity index (χ4n) is 3.20. The van der Waals surface area contributed by atoms with Crippen molar-refractivity contribution < 1.29 is 18.8 Å². The van der Waals surface area contributed by atoms with Crippen molar-refractivity contribution in [3.05, 3.63) is 76.3 Å². The van der Waals surface area contributed by atoms with Crippen molar-refractivity contribution in [2.45, 2.75) is 11.4 Å². The molecule has 1 aliphatic rings. The lowest BCUT2D eigenvalue weighted by atomic mass is 10.2. The number of amides is 2. The summed E-state index contributed by atoms with van der Waals surface area (Å²) in [5.41, 5.74) is 1.41. The number of methoxy groups -OCH3 is 1. The van der Waals surface area contributed by atoms with Crippen LogP contribution in [0.25, 0.3) is 0 Å². The number of phenols is 1. The molecular formula is C21H16Cl2N2O4S. The number of benzene rings is 3. The van der Waals surface area contributed by atoms with E-state index in [1.165, 1.54) is 30.2 Å². The monoisotopic (exact) mass is 462 g/mol. The number of hydrogen-bond acceptors (Lipinski definition) is 4. The predicted octanol–water partition coefficient (Wildman–Crippen LogP) is 5.38. The lowest BCUT2D eigenvalue weighted by Gasteiger charge is -2.36. The smallest absolute Gasteiger partial charge is 0.341 e. The van der Waals surface area contributed by atoms with Gasteiger partial charge in [0.1, 0.15) is 0 Å². The largest absolute Gasteiger partial charge is 0.504 e. The summed E-state index contributed by atoms with van der Waals surface area (Å²) in [7, 11) is -0.404. The minimum atomic E-state index is -1.80. The van der Waals surface area contributed by atoms with Gasteiger partial charge in [-0.1, -0.05) is 41.4 Å². The van der Waals surface area contributed by atoms with Gasteiger partial charge in [-0.15, -0.1) is 0 Å². The fraction of sp³-hybridized carbons (Fsp3) is 0.0952. The van der Waals surface area contributed by atoms with Gasteiger partial charge in [0.05, 0.1) is 29.9 Å². The highest BCUT2D eigenvalue weighted by molar-refractivity contribution is 7.87. The Balaban J connectivity index is 1.84. The summed E-state index contributed by atoms with van der Waals surface area (Å²) in [6, 6.07) is 15.9. The predicted molar refractivity (Wildman–Crippen MR) is 118 cm³/mol. The normalized spacial score (nSPS) is 15.8. The van der Waals surface area contributed by atoms with Crippen LogP contribution in [-0.4, -0.2) is 22.5 Å². The summed E-state index contributed by atoms with van der Waals surface area (Å²) in [6.07, 6.45) is 0. The number of halogens is 2. The Hall–Kier alpha value is -2.74. The Morgan fingerprint density at radius 3 is 2.43 bits per heavy atom. The lowest BCUT2D eigenvalue weighted by molar-refractivity contribution is 0.254. The van der Waals surface area contributed by atoms with Gasteiger partial charge < -0.3 is 9.84 Å². The van der Waals surface area contributed by atoms with Crippen molar-refractivity contribution in [2.24, 2.45) is 0 Å². The molecule has 1 N–H and O–H groups in total. The summed E-state index contributed by atoms with van der Waals surface area (Å²) in [5.74, 6) is 0.0773. The van der Waals surface area contributed by atoms with Crippen molar-refractivity contribution in [3.8, 4) is 11.5 Å². The zero-order chi connectivity index (χ0) is 21.4. The van der Waals surface area contributed by atoms with Gasteiger partial charge in [0, 0.05) is 21.7 Å². The third kappa shape index (κ3) is 3.49. The summed E-state index contributed by atoms with van der Waals surface area (Å²) >= 11 is 12.6. The van der Waals surface area contributed by atoms with E-state index in [9.17, 15) is 14.1 Å². The van der Waals surface area contributed by atoms with E-state index in [4.69, 9.17) is 27.9 Å². The molecule has 0 aromatic heterocycles. The average molecular weight is 463 g/mol. The van der Waals surface area contributed by atoms with Crippen molar-refractivity contribution in [2.75, 3.05) is 16.3 Å². The van der Waals surface area contributed by atoms with Crippen LogP contribution in [0, 0.1) is 0 Å². The zero-order valence-corrected chi connectivity index (χ0v) is 18.0. The number of rotatable bonds is 4. The van der Waals surface area contributed by atoms with Gasteiger partial charge in [-0.2, -0.15) is 0 Å². The van der Waals surface area contributed by atoms with Crippen molar-refractivity contribution in [1.82, 2.24) is 0 Å². The quantitative estimate of drug-likeness (QED) is 0.564. The van der Waals surface area contributed by atoms with Crippen LogP contribution in [0.4, 0.5) is 16.2 Å². The Labute approximate surface area is 185 Å². The lowest BCUT2D eigenvalue weighted by Crippen LogP contribution is -2.48. The molecule has 0 radical (unpaired) electrons. The standard InChI is InChI=1S/C21H16Cl2N2O4S/c1-29-19-11-13(9-10-18(19)26)25-21(27)24(12-14-15(22)5-4-6-16(14)23)17-7-2-3-8-20(17)30(25)28/h2-11,26H,12H2,1H3. The van der Waals surface area contributed by atoms with Crippen LogP contribution in [0.1, 0.15) is 5.56 Å². The molecule has 1 atom stereocenters. The van der Waals surface area contributed by atoms with Crippen LogP contribution in [0.2, 0.25) is 10.0 Å². The molecule has 0 bridgehead atoms. The first-order chi connectivity index (χ1) is 14.4. The van der Waals surface area contributed by atoms with Gasteiger partial charge in [0.2, 0.25) is 0 Å². The van der Waals surface area contributed by atoms with Gasteiger partial charge in [0.15, 0.2) is 22.5 Å². The molecule has 0 aliphatic carbocycles.